The minimum Gasteiger partial charge on any atom is -0.469 e. The van der Waals surface area contributed by atoms with Gasteiger partial charge in [0, 0.05) is 6.54 Å². The van der Waals surface area contributed by atoms with Crippen LogP contribution >= 0.6 is 0 Å². The number of methoxy groups -OCH3 is 1. The lowest BCUT2D eigenvalue weighted by atomic mass is 9.66. The Hall–Kier alpha value is -2.07. The summed E-state index contributed by atoms with van der Waals surface area (Å²) in [6.07, 6.45) is 7.19. The first kappa shape index (κ1) is 24.9. The largest absolute Gasteiger partial charge is 0.469 e. The predicted molar refractivity (Wildman–Crippen MR) is 101 cm³/mol. The van der Waals surface area contributed by atoms with Crippen molar-refractivity contribution in [2.75, 3.05) is 34.4 Å². The second kappa shape index (κ2) is 9.75. The lowest BCUT2D eigenvalue weighted by Gasteiger charge is -2.37. The van der Waals surface area contributed by atoms with Crippen molar-refractivity contribution in [1.82, 2.24) is 4.90 Å². The molecule has 0 saturated carbocycles. The van der Waals surface area contributed by atoms with E-state index in [0.29, 0.717) is 6.54 Å². The highest BCUT2D eigenvalue weighted by Gasteiger charge is 2.48. The molecule has 27 heavy (non-hydrogen) atoms. The van der Waals surface area contributed by atoms with Crippen molar-refractivity contribution in [1.29, 1.82) is 0 Å². The Morgan fingerprint density at radius 3 is 1.81 bits per heavy atom. The van der Waals surface area contributed by atoms with E-state index in [0.717, 1.165) is 0 Å². The Kier molecular flexibility index (Phi) is 9.00. The van der Waals surface area contributed by atoms with E-state index in [9.17, 15) is 14.4 Å². The molecule has 7 nitrogen and oxygen atoms in total. The summed E-state index contributed by atoms with van der Waals surface area (Å²) in [7, 11) is 5.04. The summed E-state index contributed by atoms with van der Waals surface area (Å²) >= 11 is 0. The van der Waals surface area contributed by atoms with E-state index in [1.165, 1.54) is 7.11 Å². The first-order chi connectivity index (χ1) is 12.2. The van der Waals surface area contributed by atoms with E-state index in [-0.39, 0.29) is 19.4 Å². The summed E-state index contributed by atoms with van der Waals surface area (Å²) in [6.45, 7) is 9.19. The third kappa shape index (κ3) is 7.59. The van der Waals surface area contributed by atoms with Gasteiger partial charge in [-0.3, -0.25) is 14.4 Å². The number of esters is 3. The number of rotatable bonds is 10. The molecule has 0 N–H and O–H groups in total. The van der Waals surface area contributed by atoms with E-state index < -0.39 is 34.2 Å². The van der Waals surface area contributed by atoms with Gasteiger partial charge in [-0.15, -0.1) is 0 Å². The SMILES string of the molecule is C#COC(=O)C(C)(CC(C)(C)C(=O)OC)CC(C)(C)C(=O)OCCN(C)C. The fraction of sp³-hybridized carbons (Fsp3) is 0.750. The van der Waals surface area contributed by atoms with Crippen LogP contribution < -0.4 is 0 Å². The summed E-state index contributed by atoms with van der Waals surface area (Å²) in [5, 5.41) is 0. The fourth-order valence-corrected chi connectivity index (χ4v) is 3.27. The van der Waals surface area contributed by atoms with Crippen molar-refractivity contribution >= 4 is 17.9 Å². The molecular formula is C20H33NO6. The van der Waals surface area contributed by atoms with Gasteiger partial charge >= 0.3 is 17.9 Å². The van der Waals surface area contributed by atoms with Crippen LogP contribution in [-0.2, 0) is 28.6 Å². The molecule has 154 valence electrons. The van der Waals surface area contributed by atoms with Crippen molar-refractivity contribution in [3.05, 3.63) is 0 Å². The van der Waals surface area contributed by atoms with Gasteiger partial charge in [-0.1, -0.05) is 6.42 Å². The lowest BCUT2D eigenvalue weighted by molar-refractivity contribution is -0.163. The zero-order valence-electron chi connectivity index (χ0n) is 17.8. The van der Waals surface area contributed by atoms with Crippen molar-refractivity contribution in [2.24, 2.45) is 16.2 Å². The third-order valence-electron chi connectivity index (χ3n) is 4.37. The van der Waals surface area contributed by atoms with Crippen LogP contribution in [0.5, 0.6) is 0 Å². The average molecular weight is 383 g/mol. The normalized spacial score (nSPS) is 14.1. The van der Waals surface area contributed by atoms with Gasteiger partial charge in [0.15, 0.2) is 0 Å². The molecule has 0 fully saturated rings. The standard InChI is InChI=1S/C20H33NO6/c1-10-26-17(24)20(6,13-18(2,3)15(22)25-9)14-19(4,5)16(23)27-12-11-21(7)8/h1H,11-14H2,2-9H3. The maximum Gasteiger partial charge on any atom is 0.325 e. The van der Waals surface area contributed by atoms with Crippen LogP contribution in [0.25, 0.3) is 0 Å². The second-order valence-electron chi connectivity index (χ2n) is 8.62. The molecule has 0 aromatic carbocycles. The molecule has 0 radical (unpaired) electrons. The third-order valence-corrected chi connectivity index (χ3v) is 4.37. The lowest BCUT2D eigenvalue weighted by Crippen LogP contribution is -2.43. The average Bonchev–Trinajstić information content (AvgIpc) is 2.52. The number of nitrogens with zero attached hydrogens (tertiary/aromatic N) is 1. The number of hydrogen-bond donors (Lipinski definition) is 0. The molecule has 1 atom stereocenters. The number of hydrogen-bond acceptors (Lipinski definition) is 7. The Bertz CT molecular complexity index is 588. The van der Waals surface area contributed by atoms with E-state index in [4.69, 9.17) is 20.6 Å². The maximum atomic E-state index is 12.6. The highest BCUT2D eigenvalue weighted by atomic mass is 16.5. The highest BCUT2D eigenvalue weighted by Crippen LogP contribution is 2.44. The van der Waals surface area contributed by atoms with Crippen molar-refractivity contribution in [3.8, 4) is 12.5 Å². The number of ether oxygens (including phenoxy) is 3. The van der Waals surface area contributed by atoms with E-state index in [2.05, 4.69) is 0 Å². The summed E-state index contributed by atoms with van der Waals surface area (Å²) in [6, 6.07) is 0. The van der Waals surface area contributed by atoms with E-state index in [1.807, 2.05) is 25.1 Å². The molecule has 0 spiro atoms. The number of likely N-dealkylation sites (N-methyl/N-ethyl adjacent to an activating group) is 1. The Labute approximate surface area is 162 Å². The minimum atomic E-state index is -1.19. The first-order valence-electron chi connectivity index (χ1n) is 8.79. The topological polar surface area (TPSA) is 82.1 Å². The molecule has 0 aliphatic carbocycles. The van der Waals surface area contributed by atoms with E-state index in [1.54, 1.807) is 34.6 Å². The molecule has 0 saturated heterocycles. The van der Waals surface area contributed by atoms with Gasteiger partial charge in [0.1, 0.15) is 12.7 Å². The fourth-order valence-electron chi connectivity index (χ4n) is 3.27. The molecule has 0 aliphatic heterocycles. The molecule has 0 aromatic heterocycles. The van der Waals surface area contributed by atoms with Crippen LogP contribution in [-0.4, -0.2) is 57.2 Å². The van der Waals surface area contributed by atoms with E-state index >= 15 is 0 Å². The number of carbonyl (C=O) groups excluding carboxylic acids is 3. The van der Waals surface area contributed by atoms with Crippen LogP contribution in [0.1, 0.15) is 47.5 Å². The molecule has 1 unspecified atom stereocenters. The zero-order valence-corrected chi connectivity index (χ0v) is 17.8. The quantitative estimate of drug-likeness (QED) is 0.325. The Morgan fingerprint density at radius 1 is 0.926 bits per heavy atom. The summed E-state index contributed by atoms with van der Waals surface area (Å²) in [5.41, 5.74) is -3.14. The molecular weight excluding hydrogens is 350 g/mol. The van der Waals surface area contributed by atoms with Crippen LogP contribution in [0.3, 0.4) is 0 Å². The maximum absolute atomic E-state index is 12.6. The molecule has 0 amide bonds. The molecule has 0 aromatic rings. The monoisotopic (exact) mass is 383 g/mol. The van der Waals surface area contributed by atoms with Gasteiger partial charge in [0.2, 0.25) is 0 Å². The van der Waals surface area contributed by atoms with Gasteiger partial charge in [-0.25, -0.2) is 0 Å². The smallest absolute Gasteiger partial charge is 0.325 e. The molecule has 7 heteroatoms. The highest BCUT2D eigenvalue weighted by molar-refractivity contribution is 5.82. The number of terminal acetylenes is 1. The summed E-state index contributed by atoms with van der Waals surface area (Å²) in [5.74, 6) is -1.57. The van der Waals surface area contributed by atoms with Crippen LogP contribution in [0.2, 0.25) is 0 Å². The van der Waals surface area contributed by atoms with Crippen LogP contribution in [0.4, 0.5) is 0 Å². The Morgan fingerprint density at radius 2 is 1.41 bits per heavy atom. The van der Waals surface area contributed by atoms with Gasteiger partial charge in [-0.2, -0.15) is 0 Å². The van der Waals surface area contributed by atoms with Crippen LogP contribution in [0, 0.1) is 28.8 Å². The molecule has 0 heterocycles. The predicted octanol–water partition coefficient (Wildman–Crippen LogP) is 2.24. The summed E-state index contributed by atoms with van der Waals surface area (Å²) < 4.78 is 14.9. The van der Waals surface area contributed by atoms with Gasteiger partial charge in [0.25, 0.3) is 0 Å². The van der Waals surface area contributed by atoms with Crippen LogP contribution in [0.15, 0.2) is 0 Å². The summed E-state index contributed by atoms with van der Waals surface area (Å²) in [4.78, 5) is 39.1. The van der Waals surface area contributed by atoms with Gasteiger partial charge < -0.3 is 19.1 Å². The van der Waals surface area contributed by atoms with Gasteiger partial charge in [-0.05, 0) is 61.6 Å². The van der Waals surface area contributed by atoms with Gasteiger partial charge in [0.05, 0.1) is 23.4 Å². The number of carbonyl (C=O) groups is 3. The molecule has 0 bridgehead atoms. The van der Waals surface area contributed by atoms with Crippen molar-refractivity contribution < 1.29 is 28.6 Å². The second-order valence-corrected chi connectivity index (χ2v) is 8.62. The molecule has 0 aliphatic rings. The first-order valence-corrected chi connectivity index (χ1v) is 8.79. The zero-order chi connectivity index (χ0) is 21.5. The van der Waals surface area contributed by atoms with Crippen molar-refractivity contribution in [3.63, 3.8) is 0 Å². The van der Waals surface area contributed by atoms with Crippen molar-refractivity contribution in [2.45, 2.75) is 47.5 Å². The minimum absolute atomic E-state index is 0.0988. The Balaban J connectivity index is 5.52. The molecule has 0 rings (SSSR count).